The molecule has 1 atom stereocenters. The van der Waals surface area contributed by atoms with E-state index in [1.807, 2.05) is 32.2 Å². The molecule has 1 aliphatic rings. The van der Waals surface area contributed by atoms with Gasteiger partial charge in [0.05, 0.1) is 17.0 Å². The molecule has 2 aromatic rings. The Balaban J connectivity index is 1.67. The minimum absolute atomic E-state index is 0.0334. The number of nitrogens with zero attached hydrogens (tertiary/aromatic N) is 3. The van der Waals surface area contributed by atoms with E-state index < -0.39 is 5.92 Å². The fraction of sp³-hybridized carbons (Fsp3) is 0.526. The van der Waals surface area contributed by atoms with E-state index in [0.29, 0.717) is 11.1 Å². The smallest absolute Gasteiger partial charge is 0.272 e. The highest BCUT2D eigenvalue weighted by Gasteiger charge is 2.23. The molecule has 2 heterocycles. The molecule has 1 amide bonds. The van der Waals surface area contributed by atoms with Gasteiger partial charge in [-0.1, -0.05) is 18.2 Å². The van der Waals surface area contributed by atoms with Crippen LogP contribution < -0.4 is 5.56 Å². The molecule has 1 saturated heterocycles. The number of carbonyl (C=O) groups is 1. The second kappa shape index (κ2) is 7.78. The van der Waals surface area contributed by atoms with Crippen LogP contribution >= 0.6 is 0 Å². The molecule has 1 aliphatic heterocycles. The standard InChI is InChI=1S/C19H26N4O2/c1-14(17-15-8-3-4-9-16(15)18(24)21-20-17)19(25)22(2)10-7-13-23-11-5-6-12-23/h3-4,8-9,14H,5-7,10-13H2,1-2H3,(H,21,24). The number of amides is 1. The number of rotatable bonds is 6. The van der Waals surface area contributed by atoms with Gasteiger partial charge in [0.1, 0.15) is 0 Å². The Kier molecular flexibility index (Phi) is 5.48. The number of fused-ring (bicyclic) bond motifs is 1. The molecule has 6 heteroatoms. The lowest BCUT2D eigenvalue weighted by Crippen LogP contribution is -2.34. The summed E-state index contributed by atoms with van der Waals surface area (Å²) in [6, 6.07) is 7.29. The molecular weight excluding hydrogens is 316 g/mol. The topological polar surface area (TPSA) is 69.3 Å². The molecule has 25 heavy (non-hydrogen) atoms. The minimum Gasteiger partial charge on any atom is -0.345 e. The maximum Gasteiger partial charge on any atom is 0.272 e. The number of hydrogen-bond donors (Lipinski definition) is 1. The van der Waals surface area contributed by atoms with Crippen LogP contribution in [0.25, 0.3) is 10.8 Å². The first-order valence-electron chi connectivity index (χ1n) is 9.02. The highest BCUT2D eigenvalue weighted by atomic mass is 16.2. The van der Waals surface area contributed by atoms with E-state index in [4.69, 9.17) is 0 Å². The van der Waals surface area contributed by atoms with Crippen molar-refractivity contribution in [3.63, 3.8) is 0 Å². The summed E-state index contributed by atoms with van der Waals surface area (Å²) in [7, 11) is 1.84. The highest BCUT2D eigenvalue weighted by Crippen LogP contribution is 2.22. The SMILES string of the molecule is CC(C(=O)N(C)CCCN1CCCC1)c1n[nH]c(=O)c2ccccc12. The van der Waals surface area contributed by atoms with Gasteiger partial charge in [-0.15, -0.1) is 0 Å². The van der Waals surface area contributed by atoms with Gasteiger partial charge < -0.3 is 9.80 Å². The third-order valence-corrected chi connectivity index (χ3v) is 5.05. The van der Waals surface area contributed by atoms with Crippen LogP contribution in [0.3, 0.4) is 0 Å². The minimum atomic E-state index is -0.390. The number of likely N-dealkylation sites (tertiary alicyclic amines) is 1. The van der Waals surface area contributed by atoms with Gasteiger partial charge in [0.15, 0.2) is 0 Å². The number of hydrogen-bond acceptors (Lipinski definition) is 4. The molecule has 1 N–H and O–H groups in total. The van der Waals surface area contributed by atoms with Crippen molar-refractivity contribution >= 4 is 16.7 Å². The predicted molar refractivity (Wildman–Crippen MR) is 98.7 cm³/mol. The number of aromatic nitrogens is 2. The van der Waals surface area contributed by atoms with Gasteiger partial charge in [-0.25, -0.2) is 5.10 Å². The Morgan fingerprint density at radius 1 is 1.28 bits per heavy atom. The van der Waals surface area contributed by atoms with Gasteiger partial charge in [0.2, 0.25) is 5.91 Å². The van der Waals surface area contributed by atoms with Crippen LogP contribution in [0.2, 0.25) is 0 Å². The molecule has 1 aromatic carbocycles. The van der Waals surface area contributed by atoms with E-state index in [0.717, 1.165) is 24.9 Å². The maximum atomic E-state index is 12.8. The summed E-state index contributed by atoms with van der Waals surface area (Å²) in [5, 5.41) is 8.00. The largest absolute Gasteiger partial charge is 0.345 e. The summed E-state index contributed by atoms with van der Waals surface area (Å²) < 4.78 is 0. The number of benzene rings is 1. The summed E-state index contributed by atoms with van der Waals surface area (Å²) in [5.41, 5.74) is 0.407. The van der Waals surface area contributed by atoms with E-state index in [1.165, 1.54) is 25.9 Å². The molecule has 0 bridgehead atoms. The van der Waals surface area contributed by atoms with E-state index in [1.54, 1.807) is 11.0 Å². The van der Waals surface area contributed by atoms with Gasteiger partial charge in [0, 0.05) is 19.0 Å². The molecule has 0 radical (unpaired) electrons. The van der Waals surface area contributed by atoms with Crippen LogP contribution in [0, 0.1) is 0 Å². The van der Waals surface area contributed by atoms with Gasteiger partial charge in [-0.05, 0) is 51.9 Å². The second-order valence-corrected chi connectivity index (χ2v) is 6.87. The zero-order valence-electron chi connectivity index (χ0n) is 15.0. The zero-order chi connectivity index (χ0) is 17.8. The average Bonchev–Trinajstić information content (AvgIpc) is 3.14. The van der Waals surface area contributed by atoms with Crippen molar-refractivity contribution in [2.75, 3.05) is 33.2 Å². The van der Waals surface area contributed by atoms with Crippen molar-refractivity contribution in [2.24, 2.45) is 0 Å². The van der Waals surface area contributed by atoms with Crippen molar-refractivity contribution in [1.29, 1.82) is 0 Å². The van der Waals surface area contributed by atoms with E-state index >= 15 is 0 Å². The first-order valence-corrected chi connectivity index (χ1v) is 9.02. The van der Waals surface area contributed by atoms with E-state index in [9.17, 15) is 9.59 Å². The van der Waals surface area contributed by atoms with Gasteiger partial charge in [-0.2, -0.15) is 5.10 Å². The number of likely N-dealkylation sites (N-methyl/N-ethyl adjacent to an activating group) is 1. The Labute approximate surface area is 147 Å². The molecule has 3 rings (SSSR count). The summed E-state index contributed by atoms with van der Waals surface area (Å²) in [6.07, 6.45) is 3.56. The number of aromatic amines is 1. The lowest BCUT2D eigenvalue weighted by atomic mass is 10.0. The molecule has 6 nitrogen and oxygen atoms in total. The fourth-order valence-electron chi connectivity index (χ4n) is 3.56. The third kappa shape index (κ3) is 3.90. The molecule has 0 saturated carbocycles. The molecule has 134 valence electrons. The molecule has 1 fully saturated rings. The Morgan fingerprint density at radius 2 is 1.96 bits per heavy atom. The van der Waals surface area contributed by atoms with Crippen molar-refractivity contribution in [3.8, 4) is 0 Å². The van der Waals surface area contributed by atoms with Crippen LogP contribution in [0.5, 0.6) is 0 Å². The van der Waals surface area contributed by atoms with E-state index in [2.05, 4.69) is 15.1 Å². The monoisotopic (exact) mass is 342 g/mol. The summed E-state index contributed by atoms with van der Waals surface area (Å²) >= 11 is 0. The first-order chi connectivity index (χ1) is 12.1. The van der Waals surface area contributed by atoms with Crippen molar-refractivity contribution in [3.05, 3.63) is 40.3 Å². The van der Waals surface area contributed by atoms with Crippen molar-refractivity contribution in [1.82, 2.24) is 20.0 Å². The quantitative estimate of drug-likeness (QED) is 0.871. The number of nitrogens with one attached hydrogen (secondary N) is 1. The lowest BCUT2D eigenvalue weighted by molar-refractivity contribution is -0.131. The van der Waals surface area contributed by atoms with E-state index in [-0.39, 0.29) is 11.5 Å². The first kappa shape index (κ1) is 17.6. The molecule has 0 spiro atoms. The Morgan fingerprint density at radius 3 is 2.68 bits per heavy atom. The highest BCUT2D eigenvalue weighted by molar-refractivity contribution is 5.90. The van der Waals surface area contributed by atoms with Crippen LogP contribution in [0.4, 0.5) is 0 Å². The van der Waals surface area contributed by atoms with Crippen LogP contribution in [0.15, 0.2) is 29.1 Å². The van der Waals surface area contributed by atoms with Crippen LogP contribution in [0.1, 0.15) is 37.8 Å². The van der Waals surface area contributed by atoms with Crippen LogP contribution in [-0.4, -0.2) is 59.1 Å². The van der Waals surface area contributed by atoms with Gasteiger partial charge in [0.25, 0.3) is 5.56 Å². The lowest BCUT2D eigenvalue weighted by Gasteiger charge is -2.23. The summed E-state index contributed by atoms with van der Waals surface area (Å²) in [6.45, 7) is 6.00. The maximum absolute atomic E-state index is 12.8. The molecule has 0 aliphatic carbocycles. The fourth-order valence-corrected chi connectivity index (χ4v) is 3.56. The zero-order valence-corrected chi connectivity index (χ0v) is 15.0. The van der Waals surface area contributed by atoms with Gasteiger partial charge >= 0.3 is 0 Å². The van der Waals surface area contributed by atoms with Crippen molar-refractivity contribution in [2.45, 2.75) is 32.1 Å². The number of H-pyrrole nitrogens is 1. The summed E-state index contributed by atoms with van der Waals surface area (Å²) in [4.78, 5) is 28.9. The third-order valence-electron chi connectivity index (χ3n) is 5.05. The molecule has 1 unspecified atom stereocenters. The molecular formula is C19H26N4O2. The molecule has 1 aromatic heterocycles. The Hall–Kier alpha value is -2.21. The average molecular weight is 342 g/mol. The normalized spacial score (nSPS) is 16.2. The van der Waals surface area contributed by atoms with Crippen molar-refractivity contribution < 1.29 is 4.79 Å². The van der Waals surface area contributed by atoms with Crippen LogP contribution in [-0.2, 0) is 4.79 Å². The van der Waals surface area contributed by atoms with Gasteiger partial charge in [-0.3, -0.25) is 9.59 Å². The second-order valence-electron chi connectivity index (χ2n) is 6.87. The Bertz CT molecular complexity index is 795. The predicted octanol–water partition coefficient (Wildman–Crippen LogP) is 1.97. The number of carbonyl (C=O) groups excluding carboxylic acids is 1. The summed E-state index contributed by atoms with van der Waals surface area (Å²) in [5.74, 6) is -0.357.